The molecule has 2 aromatic heterocycles. The molecule has 0 spiro atoms. The molecule has 2 heterocycles. The van der Waals surface area contributed by atoms with Crippen LogP contribution in [0.2, 0.25) is 0 Å². The predicted octanol–water partition coefficient (Wildman–Crippen LogP) is 4.00. The number of aryl methyl sites for hydroxylation is 2. The fraction of sp³-hybridized carbons (Fsp3) is 0.429. The van der Waals surface area contributed by atoms with Crippen molar-refractivity contribution in [1.82, 2.24) is 14.8 Å². The van der Waals surface area contributed by atoms with Crippen LogP contribution in [-0.4, -0.2) is 24.1 Å². The Kier molecular flexibility index (Phi) is 4.24. The van der Waals surface area contributed by atoms with E-state index in [1.54, 1.807) is 25.4 Å². The van der Waals surface area contributed by atoms with Crippen molar-refractivity contribution in [2.45, 2.75) is 67.2 Å². The van der Waals surface area contributed by atoms with E-state index in [2.05, 4.69) is 16.1 Å². The quantitative estimate of drug-likeness (QED) is 0.657. The highest BCUT2D eigenvalue weighted by atomic mass is 32.2. The van der Waals surface area contributed by atoms with Gasteiger partial charge in [-0.1, -0.05) is 6.07 Å². The van der Waals surface area contributed by atoms with Gasteiger partial charge in [0.1, 0.15) is 15.3 Å². The van der Waals surface area contributed by atoms with Gasteiger partial charge in [0.2, 0.25) is 0 Å². The maximum atomic E-state index is 13.3. The largest absolute Gasteiger partial charge is 0.384 e. The number of rotatable bonds is 4. The molecular formula is C21H24N4O2S2. The number of thiazole rings is 1. The SMILES string of the molecule is CC(C)(O)c1csc(S(=N)(=O)c2cnn(-c3c4c(cc5c3CCC5)CCC4)c2)n1. The van der Waals surface area contributed by atoms with Crippen LogP contribution in [0.4, 0.5) is 0 Å². The zero-order valence-corrected chi connectivity index (χ0v) is 18.2. The second-order valence-corrected chi connectivity index (χ2v) is 11.5. The number of nitrogens with one attached hydrogen (secondary N) is 1. The second-order valence-electron chi connectivity index (χ2n) is 8.44. The van der Waals surface area contributed by atoms with E-state index in [1.807, 2.05) is 4.68 Å². The van der Waals surface area contributed by atoms with Gasteiger partial charge in [-0.25, -0.2) is 18.7 Å². The molecule has 6 nitrogen and oxygen atoms in total. The third kappa shape index (κ3) is 3.05. The van der Waals surface area contributed by atoms with Gasteiger partial charge in [0.25, 0.3) is 0 Å². The maximum absolute atomic E-state index is 13.3. The minimum atomic E-state index is -3.28. The summed E-state index contributed by atoms with van der Waals surface area (Å²) in [5.74, 6) is 0. The highest BCUT2D eigenvalue weighted by Gasteiger charge is 2.28. The molecule has 0 saturated carbocycles. The summed E-state index contributed by atoms with van der Waals surface area (Å²) in [5, 5.41) is 16.3. The van der Waals surface area contributed by atoms with E-state index in [1.165, 1.54) is 28.5 Å². The molecule has 8 heteroatoms. The van der Waals surface area contributed by atoms with Gasteiger partial charge < -0.3 is 5.11 Å². The molecule has 0 fully saturated rings. The second kappa shape index (κ2) is 6.48. The highest BCUT2D eigenvalue weighted by Crippen LogP contribution is 2.38. The monoisotopic (exact) mass is 428 g/mol. The number of benzene rings is 1. The first-order valence-electron chi connectivity index (χ1n) is 9.94. The zero-order chi connectivity index (χ0) is 20.4. The minimum Gasteiger partial charge on any atom is -0.384 e. The van der Waals surface area contributed by atoms with Gasteiger partial charge in [0.15, 0.2) is 4.34 Å². The highest BCUT2D eigenvalue weighted by molar-refractivity contribution is 7.94. The molecule has 2 aliphatic carbocycles. The van der Waals surface area contributed by atoms with Crippen molar-refractivity contribution in [3.05, 3.63) is 51.8 Å². The molecule has 0 bridgehead atoms. The van der Waals surface area contributed by atoms with E-state index in [4.69, 9.17) is 4.78 Å². The molecule has 0 amide bonds. The van der Waals surface area contributed by atoms with E-state index in [0.29, 0.717) is 10.6 Å². The fourth-order valence-electron chi connectivity index (χ4n) is 4.41. The molecule has 5 rings (SSSR count). The summed E-state index contributed by atoms with van der Waals surface area (Å²) in [6.07, 6.45) is 9.91. The maximum Gasteiger partial charge on any atom is 0.194 e. The Bertz CT molecular complexity index is 1180. The summed E-state index contributed by atoms with van der Waals surface area (Å²) in [7, 11) is -3.28. The number of aliphatic hydroxyl groups is 1. The lowest BCUT2D eigenvalue weighted by Crippen LogP contribution is -2.16. The average Bonchev–Trinajstić information content (AvgIpc) is 3.45. The normalized spacial score (nSPS) is 17.9. The molecule has 0 aliphatic heterocycles. The lowest BCUT2D eigenvalue weighted by molar-refractivity contribution is 0.0741. The first-order chi connectivity index (χ1) is 13.7. The lowest BCUT2D eigenvalue weighted by Gasteiger charge is -2.15. The summed E-state index contributed by atoms with van der Waals surface area (Å²) in [6.45, 7) is 3.26. The van der Waals surface area contributed by atoms with Crippen molar-refractivity contribution in [2.75, 3.05) is 0 Å². The standard InChI is InChI=1S/C21H24N4O2S2/c1-21(2,26)18-12-28-20(24-18)29(22,27)15-10-23-25(11-15)19-16-7-3-5-13(16)9-14-6-4-8-17(14)19/h9-12,22,26H,3-8H2,1-2H3. The van der Waals surface area contributed by atoms with Crippen LogP contribution in [0.5, 0.6) is 0 Å². The van der Waals surface area contributed by atoms with Crippen molar-refractivity contribution in [1.29, 1.82) is 4.78 Å². The lowest BCUT2D eigenvalue weighted by atomic mass is 9.99. The molecule has 2 N–H and O–H groups in total. The number of nitrogens with zero attached hydrogens (tertiary/aromatic N) is 3. The number of fused-ring (bicyclic) bond motifs is 2. The Morgan fingerprint density at radius 2 is 1.83 bits per heavy atom. The van der Waals surface area contributed by atoms with Crippen molar-refractivity contribution in [3.8, 4) is 5.69 Å². The van der Waals surface area contributed by atoms with Crippen LogP contribution in [0.1, 0.15) is 54.6 Å². The Morgan fingerprint density at radius 1 is 1.17 bits per heavy atom. The summed E-state index contributed by atoms with van der Waals surface area (Å²) >= 11 is 1.15. The van der Waals surface area contributed by atoms with Crippen molar-refractivity contribution >= 4 is 21.1 Å². The summed E-state index contributed by atoms with van der Waals surface area (Å²) in [4.78, 5) is 4.65. The van der Waals surface area contributed by atoms with E-state index in [9.17, 15) is 9.32 Å². The van der Waals surface area contributed by atoms with Crippen molar-refractivity contribution in [2.24, 2.45) is 0 Å². The molecule has 0 radical (unpaired) electrons. The van der Waals surface area contributed by atoms with Gasteiger partial charge in [-0.2, -0.15) is 5.10 Å². The van der Waals surface area contributed by atoms with Crippen LogP contribution in [0.25, 0.3) is 5.69 Å². The Balaban J connectivity index is 1.58. The Labute approximate surface area is 174 Å². The molecule has 29 heavy (non-hydrogen) atoms. The van der Waals surface area contributed by atoms with E-state index in [-0.39, 0.29) is 4.34 Å². The molecule has 1 unspecified atom stereocenters. The number of hydrogen-bond acceptors (Lipinski definition) is 6. The van der Waals surface area contributed by atoms with Gasteiger partial charge in [-0.3, -0.25) is 0 Å². The van der Waals surface area contributed by atoms with Gasteiger partial charge in [0.05, 0.1) is 22.5 Å². The first kappa shape index (κ1) is 19.0. The van der Waals surface area contributed by atoms with E-state index in [0.717, 1.165) is 55.5 Å². The topological polar surface area (TPSA) is 91.9 Å². The van der Waals surface area contributed by atoms with Gasteiger partial charge in [0, 0.05) is 11.6 Å². The van der Waals surface area contributed by atoms with Crippen LogP contribution < -0.4 is 0 Å². The summed E-state index contributed by atoms with van der Waals surface area (Å²) < 4.78 is 23.9. The van der Waals surface area contributed by atoms with Crippen molar-refractivity contribution < 1.29 is 9.32 Å². The van der Waals surface area contributed by atoms with Crippen LogP contribution in [0.15, 0.2) is 33.1 Å². The van der Waals surface area contributed by atoms with E-state index >= 15 is 0 Å². The third-order valence-corrected chi connectivity index (χ3v) is 9.00. The fourth-order valence-corrected chi connectivity index (χ4v) is 6.96. The van der Waals surface area contributed by atoms with Gasteiger partial charge in [-0.05, 0) is 74.6 Å². The van der Waals surface area contributed by atoms with Gasteiger partial charge in [-0.15, -0.1) is 11.3 Å². The predicted molar refractivity (Wildman–Crippen MR) is 112 cm³/mol. The summed E-state index contributed by atoms with van der Waals surface area (Å²) in [6, 6.07) is 2.37. The molecule has 1 atom stereocenters. The molecule has 0 saturated heterocycles. The molecule has 3 aromatic rings. The molecule has 1 aromatic carbocycles. The molecule has 152 valence electrons. The van der Waals surface area contributed by atoms with Crippen LogP contribution in [0.3, 0.4) is 0 Å². The number of aromatic nitrogens is 3. The van der Waals surface area contributed by atoms with E-state index < -0.39 is 15.3 Å². The first-order valence-corrected chi connectivity index (χ1v) is 12.4. The van der Waals surface area contributed by atoms with Crippen LogP contribution >= 0.6 is 11.3 Å². The summed E-state index contributed by atoms with van der Waals surface area (Å²) in [5.41, 5.74) is 6.00. The van der Waals surface area contributed by atoms with Crippen LogP contribution in [0, 0.1) is 4.78 Å². The Hall–Kier alpha value is -2.03. The minimum absolute atomic E-state index is 0.206. The Morgan fingerprint density at radius 3 is 2.41 bits per heavy atom. The smallest absolute Gasteiger partial charge is 0.194 e. The number of hydrogen-bond donors (Lipinski definition) is 2. The molecular weight excluding hydrogens is 404 g/mol. The van der Waals surface area contributed by atoms with Crippen LogP contribution in [-0.2, 0) is 41.0 Å². The van der Waals surface area contributed by atoms with Crippen molar-refractivity contribution in [3.63, 3.8) is 0 Å². The molecule has 2 aliphatic rings. The van der Waals surface area contributed by atoms with Gasteiger partial charge >= 0.3 is 0 Å². The zero-order valence-electron chi connectivity index (χ0n) is 16.6. The third-order valence-electron chi connectivity index (χ3n) is 5.92. The average molecular weight is 429 g/mol.